The summed E-state index contributed by atoms with van der Waals surface area (Å²) in [5, 5.41) is 3.40. The second-order valence-electron chi connectivity index (χ2n) is 6.61. The largest absolute Gasteiger partial charge is 0.376 e. The van der Waals surface area contributed by atoms with Gasteiger partial charge < -0.3 is 9.64 Å². The first-order valence-electron chi connectivity index (χ1n) is 8.64. The maximum absolute atomic E-state index is 12.9. The fourth-order valence-corrected chi connectivity index (χ4v) is 4.55. The van der Waals surface area contributed by atoms with Gasteiger partial charge in [-0.25, -0.2) is 5.06 Å². The van der Waals surface area contributed by atoms with Gasteiger partial charge in [0.1, 0.15) is 0 Å². The zero-order valence-electron chi connectivity index (χ0n) is 13.6. The van der Waals surface area contributed by atoms with Crippen molar-refractivity contribution in [1.29, 1.82) is 0 Å². The van der Waals surface area contributed by atoms with Gasteiger partial charge in [0.05, 0.1) is 29.5 Å². The van der Waals surface area contributed by atoms with Crippen molar-refractivity contribution in [3.05, 3.63) is 22.4 Å². The molecule has 3 saturated heterocycles. The van der Waals surface area contributed by atoms with E-state index in [0.29, 0.717) is 32.7 Å². The van der Waals surface area contributed by atoms with Crippen LogP contribution in [-0.2, 0) is 14.4 Å². The SMILES string of the molecule is O=C([C@H]1C[C@H]2OCC[C@H]2N(C(=O)c2cccs2)C1)N1CCCCO1. The minimum atomic E-state index is -0.244. The van der Waals surface area contributed by atoms with Gasteiger partial charge in [-0.1, -0.05) is 6.07 Å². The molecule has 3 fully saturated rings. The summed E-state index contributed by atoms with van der Waals surface area (Å²) in [4.78, 5) is 33.8. The molecule has 130 valence electrons. The van der Waals surface area contributed by atoms with Crippen LogP contribution < -0.4 is 0 Å². The summed E-state index contributed by atoms with van der Waals surface area (Å²) >= 11 is 1.44. The lowest BCUT2D eigenvalue weighted by Gasteiger charge is -2.41. The van der Waals surface area contributed by atoms with Gasteiger partial charge in [-0.2, -0.15) is 0 Å². The molecule has 3 atom stereocenters. The van der Waals surface area contributed by atoms with Crippen LogP contribution in [0.4, 0.5) is 0 Å². The normalized spacial score (nSPS) is 30.2. The van der Waals surface area contributed by atoms with Crippen molar-refractivity contribution < 1.29 is 19.2 Å². The third-order valence-corrected chi connectivity index (χ3v) is 5.96. The van der Waals surface area contributed by atoms with Crippen LogP contribution in [0.15, 0.2) is 17.5 Å². The van der Waals surface area contributed by atoms with Crippen LogP contribution in [-0.4, -0.2) is 60.2 Å². The number of hydrogen-bond acceptors (Lipinski definition) is 5. The Hall–Kier alpha value is -1.44. The topological polar surface area (TPSA) is 59.1 Å². The van der Waals surface area contributed by atoms with E-state index < -0.39 is 0 Å². The van der Waals surface area contributed by atoms with Crippen molar-refractivity contribution in [2.75, 3.05) is 26.3 Å². The van der Waals surface area contributed by atoms with Gasteiger partial charge in [-0.3, -0.25) is 14.4 Å². The van der Waals surface area contributed by atoms with E-state index >= 15 is 0 Å². The quantitative estimate of drug-likeness (QED) is 0.818. The number of piperidine rings is 1. The van der Waals surface area contributed by atoms with Crippen molar-refractivity contribution in [2.24, 2.45) is 5.92 Å². The highest BCUT2D eigenvalue weighted by Crippen LogP contribution is 2.34. The molecule has 4 heterocycles. The monoisotopic (exact) mass is 350 g/mol. The van der Waals surface area contributed by atoms with Crippen molar-refractivity contribution >= 4 is 23.2 Å². The van der Waals surface area contributed by atoms with Crippen LogP contribution in [0.25, 0.3) is 0 Å². The molecule has 1 aromatic heterocycles. The molecule has 7 heteroatoms. The van der Waals surface area contributed by atoms with E-state index in [1.165, 1.54) is 16.4 Å². The number of carbonyl (C=O) groups excluding carboxylic acids is 2. The molecule has 0 aliphatic carbocycles. The maximum Gasteiger partial charge on any atom is 0.264 e. The van der Waals surface area contributed by atoms with Gasteiger partial charge >= 0.3 is 0 Å². The number of likely N-dealkylation sites (tertiary alicyclic amines) is 1. The van der Waals surface area contributed by atoms with Crippen molar-refractivity contribution in [3.63, 3.8) is 0 Å². The summed E-state index contributed by atoms with van der Waals surface area (Å²) in [5.41, 5.74) is 0. The van der Waals surface area contributed by atoms with Crippen LogP contribution in [0.5, 0.6) is 0 Å². The maximum atomic E-state index is 12.9. The van der Waals surface area contributed by atoms with E-state index in [1.807, 2.05) is 22.4 Å². The lowest BCUT2D eigenvalue weighted by atomic mass is 9.89. The van der Waals surface area contributed by atoms with E-state index in [1.54, 1.807) is 0 Å². The van der Waals surface area contributed by atoms with Crippen LogP contribution >= 0.6 is 11.3 Å². The predicted octanol–water partition coefficient (Wildman–Crippen LogP) is 1.92. The minimum Gasteiger partial charge on any atom is -0.376 e. The lowest BCUT2D eigenvalue weighted by Crippen LogP contribution is -2.55. The smallest absolute Gasteiger partial charge is 0.264 e. The molecule has 2 amide bonds. The molecule has 3 aliphatic rings. The van der Waals surface area contributed by atoms with E-state index in [2.05, 4.69) is 0 Å². The Bertz CT molecular complexity index is 600. The van der Waals surface area contributed by atoms with E-state index in [4.69, 9.17) is 9.57 Å². The van der Waals surface area contributed by atoms with Crippen LogP contribution in [0.2, 0.25) is 0 Å². The van der Waals surface area contributed by atoms with E-state index in [0.717, 1.165) is 24.1 Å². The summed E-state index contributed by atoms with van der Waals surface area (Å²) in [6, 6.07) is 3.82. The Morgan fingerprint density at radius 1 is 1.25 bits per heavy atom. The fraction of sp³-hybridized carbons (Fsp3) is 0.647. The Morgan fingerprint density at radius 3 is 2.92 bits per heavy atom. The Balaban J connectivity index is 1.52. The summed E-state index contributed by atoms with van der Waals surface area (Å²) in [7, 11) is 0. The summed E-state index contributed by atoms with van der Waals surface area (Å²) < 4.78 is 5.82. The number of nitrogens with zero attached hydrogens (tertiary/aromatic N) is 2. The zero-order chi connectivity index (χ0) is 16.5. The van der Waals surface area contributed by atoms with Crippen LogP contribution in [0.1, 0.15) is 35.4 Å². The van der Waals surface area contributed by atoms with Gasteiger partial charge in [0.15, 0.2) is 0 Å². The predicted molar refractivity (Wildman–Crippen MR) is 88.5 cm³/mol. The highest BCUT2D eigenvalue weighted by molar-refractivity contribution is 7.12. The molecule has 0 saturated carbocycles. The fourth-order valence-electron chi connectivity index (χ4n) is 3.88. The van der Waals surface area contributed by atoms with Gasteiger partial charge in [0.2, 0.25) is 0 Å². The highest BCUT2D eigenvalue weighted by Gasteiger charge is 2.45. The number of ether oxygens (including phenoxy) is 1. The first-order valence-corrected chi connectivity index (χ1v) is 9.52. The van der Waals surface area contributed by atoms with Gasteiger partial charge in [0, 0.05) is 19.7 Å². The Kier molecular flexibility index (Phi) is 4.56. The molecule has 1 aromatic rings. The number of hydrogen-bond donors (Lipinski definition) is 0. The molecule has 24 heavy (non-hydrogen) atoms. The molecule has 0 N–H and O–H groups in total. The van der Waals surface area contributed by atoms with E-state index in [9.17, 15) is 9.59 Å². The first kappa shape index (κ1) is 16.1. The third-order valence-electron chi connectivity index (χ3n) is 5.10. The molecule has 0 unspecified atom stereocenters. The highest BCUT2D eigenvalue weighted by atomic mass is 32.1. The van der Waals surface area contributed by atoms with Gasteiger partial charge in [-0.15, -0.1) is 11.3 Å². The molecule has 6 nitrogen and oxygen atoms in total. The zero-order valence-corrected chi connectivity index (χ0v) is 14.4. The average Bonchev–Trinajstić information content (AvgIpc) is 3.31. The molecule has 0 bridgehead atoms. The molecule has 3 aliphatic heterocycles. The van der Waals surface area contributed by atoms with Gasteiger partial charge in [0.25, 0.3) is 11.8 Å². The number of thiophene rings is 1. The van der Waals surface area contributed by atoms with Gasteiger partial charge in [-0.05, 0) is 37.1 Å². The Morgan fingerprint density at radius 2 is 2.17 bits per heavy atom. The second kappa shape index (κ2) is 6.82. The number of amides is 2. The number of fused-ring (bicyclic) bond motifs is 1. The van der Waals surface area contributed by atoms with Crippen LogP contribution in [0.3, 0.4) is 0 Å². The molecule has 0 aromatic carbocycles. The third kappa shape index (κ3) is 2.96. The molecular weight excluding hydrogens is 328 g/mol. The Labute approximate surface area is 145 Å². The summed E-state index contributed by atoms with van der Waals surface area (Å²) in [6.45, 7) is 2.35. The first-order chi connectivity index (χ1) is 11.7. The summed E-state index contributed by atoms with van der Waals surface area (Å²) in [6.07, 6.45) is 3.45. The molecule has 4 rings (SSSR count). The standard InChI is InChI=1S/C17H22N2O4S/c20-16(19-6-1-2-7-23-19)12-10-14-13(5-8-22-14)18(11-12)17(21)15-4-3-9-24-15/h3-4,9,12-14H,1-2,5-8,10-11H2/t12-,13+,14+/m0/s1. The summed E-state index contributed by atoms with van der Waals surface area (Å²) in [5.74, 6) is -0.235. The number of carbonyl (C=O) groups is 2. The van der Waals surface area contributed by atoms with Crippen molar-refractivity contribution in [2.45, 2.75) is 37.8 Å². The molecular formula is C17H22N2O4S. The van der Waals surface area contributed by atoms with E-state index in [-0.39, 0.29) is 29.9 Å². The average molecular weight is 350 g/mol. The molecule has 0 radical (unpaired) electrons. The van der Waals surface area contributed by atoms with Crippen molar-refractivity contribution in [3.8, 4) is 0 Å². The molecule has 0 spiro atoms. The second-order valence-corrected chi connectivity index (χ2v) is 7.56. The lowest BCUT2D eigenvalue weighted by molar-refractivity contribution is -0.203. The number of rotatable bonds is 2. The number of hydroxylamine groups is 2. The van der Waals surface area contributed by atoms with Crippen molar-refractivity contribution in [1.82, 2.24) is 9.96 Å². The van der Waals surface area contributed by atoms with Crippen LogP contribution in [0, 0.1) is 5.92 Å². The minimum absolute atomic E-state index is 0.00682.